The number of nitrogens with zero attached hydrogens (tertiary/aromatic N) is 5. The average molecular weight is 412 g/mol. The zero-order valence-corrected chi connectivity index (χ0v) is 18.5. The largest absolute Gasteiger partial charge is 0.355 e. The summed E-state index contributed by atoms with van der Waals surface area (Å²) in [5.41, 5.74) is 1.68. The zero-order chi connectivity index (χ0) is 21.0. The second-order valence-electron chi connectivity index (χ2n) is 8.52. The number of carbonyl (C=O) groups is 1. The van der Waals surface area contributed by atoms with Gasteiger partial charge < -0.3 is 4.90 Å². The number of anilines is 1. The second kappa shape index (κ2) is 8.91. The van der Waals surface area contributed by atoms with Crippen molar-refractivity contribution in [3.05, 3.63) is 40.3 Å². The van der Waals surface area contributed by atoms with Crippen molar-refractivity contribution >= 4 is 23.3 Å². The molecule has 2 aromatic heterocycles. The molecule has 1 saturated heterocycles. The third-order valence-electron chi connectivity index (χ3n) is 5.15. The number of pyridine rings is 1. The van der Waals surface area contributed by atoms with E-state index in [0.717, 1.165) is 35.9 Å². The van der Waals surface area contributed by atoms with E-state index in [9.17, 15) is 10.1 Å². The lowest BCUT2D eigenvalue weighted by Crippen LogP contribution is -2.24. The third-order valence-corrected chi connectivity index (χ3v) is 6.53. The number of hydrogen-bond donors (Lipinski definition) is 0. The molecule has 1 atom stereocenters. The second-order valence-corrected chi connectivity index (χ2v) is 9.48. The van der Waals surface area contributed by atoms with Gasteiger partial charge in [0.15, 0.2) is 0 Å². The van der Waals surface area contributed by atoms with Crippen molar-refractivity contribution in [2.24, 2.45) is 10.9 Å². The number of nitriles is 1. The number of amides is 1. The van der Waals surface area contributed by atoms with E-state index in [-0.39, 0.29) is 17.4 Å². The molecule has 1 amide bonds. The minimum absolute atomic E-state index is 0.0285. The van der Waals surface area contributed by atoms with Gasteiger partial charge in [-0.25, -0.2) is 9.98 Å². The van der Waals surface area contributed by atoms with Crippen LogP contribution >= 0.6 is 11.5 Å². The first-order valence-corrected chi connectivity index (χ1v) is 11.0. The Morgan fingerprint density at radius 1 is 1.45 bits per heavy atom. The lowest BCUT2D eigenvalue weighted by molar-refractivity contribution is -0.121. The van der Waals surface area contributed by atoms with Crippen molar-refractivity contribution in [3.8, 4) is 6.07 Å². The molecule has 0 N–H and O–H groups in total. The highest BCUT2D eigenvalue weighted by Crippen LogP contribution is 2.25. The van der Waals surface area contributed by atoms with E-state index in [1.54, 1.807) is 29.9 Å². The molecule has 7 heteroatoms. The highest BCUT2D eigenvalue weighted by Gasteiger charge is 2.30. The van der Waals surface area contributed by atoms with Gasteiger partial charge in [-0.1, -0.05) is 13.3 Å². The van der Waals surface area contributed by atoms with Gasteiger partial charge in [-0.05, 0) is 63.7 Å². The van der Waals surface area contributed by atoms with E-state index in [4.69, 9.17) is 0 Å². The molecule has 3 rings (SSSR count). The number of aromatic nitrogens is 2. The molecule has 6 nitrogen and oxygen atoms in total. The maximum atomic E-state index is 12.9. The minimum atomic E-state index is -0.159. The average Bonchev–Trinajstić information content (AvgIpc) is 3.33. The predicted molar refractivity (Wildman–Crippen MR) is 116 cm³/mol. The molecule has 3 heterocycles. The van der Waals surface area contributed by atoms with Gasteiger partial charge in [0.05, 0.1) is 11.5 Å². The fourth-order valence-electron chi connectivity index (χ4n) is 3.42. The van der Waals surface area contributed by atoms with Gasteiger partial charge in [-0.3, -0.25) is 8.75 Å². The Morgan fingerprint density at radius 3 is 2.93 bits per heavy atom. The maximum absolute atomic E-state index is 12.9. The Morgan fingerprint density at radius 2 is 2.24 bits per heavy atom. The Labute approximate surface area is 176 Å². The molecule has 154 valence electrons. The SMILES string of the molecule is CCCCc1cn(C(C)(C)C)s/c1=N\C(=O)C1CCN(c2ncccc2C#N)C1. The van der Waals surface area contributed by atoms with Gasteiger partial charge in [0.1, 0.15) is 16.6 Å². The molecule has 0 bridgehead atoms. The van der Waals surface area contributed by atoms with Gasteiger partial charge >= 0.3 is 0 Å². The van der Waals surface area contributed by atoms with E-state index in [0.29, 0.717) is 24.5 Å². The summed E-state index contributed by atoms with van der Waals surface area (Å²) >= 11 is 1.57. The zero-order valence-electron chi connectivity index (χ0n) is 17.7. The van der Waals surface area contributed by atoms with Gasteiger partial charge in [0.2, 0.25) is 0 Å². The molecule has 1 fully saturated rings. The van der Waals surface area contributed by atoms with Gasteiger partial charge in [-0.15, -0.1) is 0 Å². The van der Waals surface area contributed by atoms with E-state index in [1.807, 2.05) is 4.90 Å². The summed E-state index contributed by atoms with van der Waals surface area (Å²) < 4.78 is 3.03. The molecule has 0 aromatic carbocycles. The molecule has 29 heavy (non-hydrogen) atoms. The summed E-state index contributed by atoms with van der Waals surface area (Å²) in [6, 6.07) is 5.71. The molecule has 2 aromatic rings. The van der Waals surface area contributed by atoms with Crippen LogP contribution in [-0.4, -0.2) is 27.9 Å². The van der Waals surface area contributed by atoms with Crippen LogP contribution in [0.15, 0.2) is 29.5 Å². The number of rotatable bonds is 5. The van der Waals surface area contributed by atoms with E-state index >= 15 is 0 Å². The Bertz CT molecular complexity index is 976. The van der Waals surface area contributed by atoms with Crippen LogP contribution in [0.3, 0.4) is 0 Å². The molecule has 0 spiro atoms. The third kappa shape index (κ3) is 4.94. The lowest BCUT2D eigenvalue weighted by Gasteiger charge is -2.19. The smallest absolute Gasteiger partial charge is 0.252 e. The maximum Gasteiger partial charge on any atom is 0.252 e. The monoisotopic (exact) mass is 411 g/mol. The molecular formula is C22H29N5OS. The van der Waals surface area contributed by atoms with Crippen molar-refractivity contribution in [2.45, 2.75) is 58.9 Å². The fourth-order valence-corrected chi connectivity index (χ4v) is 4.46. The van der Waals surface area contributed by atoms with Gasteiger partial charge in [-0.2, -0.15) is 5.26 Å². The lowest BCUT2D eigenvalue weighted by atomic mass is 10.1. The topological polar surface area (TPSA) is 74.3 Å². The summed E-state index contributed by atoms with van der Waals surface area (Å²) in [5.74, 6) is 0.436. The summed E-state index contributed by atoms with van der Waals surface area (Å²) in [6.07, 6.45) is 7.72. The highest BCUT2D eigenvalue weighted by molar-refractivity contribution is 7.04. The standard InChI is InChI=1S/C22H29N5OS/c1-5-6-8-18-15-27(22(2,3)4)29-21(18)25-20(28)17-10-12-26(14-17)19-16(13-23)9-7-11-24-19/h7,9,11,15,17H,5-6,8,10,12,14H2,1-4H3/b25-21-. The van der Waals surface area contributed by atoms with Crippen molar-refractivity contribution in [1.29, 1.82) is 5.26 Å². The number of unbranched alkanes of at least 4 members (excludes halogenated alkanes) is 1. The summed E-state index contributed by atoms with van der Waals surface area (Å²) in [5, 5.41) is 9.31. The van der Waals surface area contributed by atoms with Crippen molar-refractivity contribution in [2.75, 3.05) is 18.0 Å². The normalized spacial score (nSPS) is 17.6. The van der Waals surface area contributed by atoms with Crippen LogP contribution in [0.4, 0.5) is 5.82 Å². The van der Waals surface area contributed by atoms with Crippen LogP contribution in [0.25, 0.3) is 0 Å². The van der Waals surface area contributed by atoms with Crippen LogP contribution in [0, 0.1) is 17.2 Å². The predicted octanol–water partition coefficient (Wildman–Crippen LogP) is 3.87. The number of aryl methyl sites for hydroxylation is 1. The molecule has 0 saturated carbocycles. The van der Waals surface area contributed by atoms with Crippen LogP contribution in [0.2, 0.25) is 0 Å². The van der Waals surface area contributed by atoms with Gasteiger partial charge in [0, 0.05) is 36.6 Å². The first kappa shape index (κ1) is 21.3. The van der Waals surface area contributed by atoms with Gasteiger partial charge in [0.25, 0.3) is 5.91 Å². The fraction of sp³-hybridized carbons (Fsp3) is 0.545. The van der Waals surface area contributed by atoms with E-state index < -0.39 is 0 Å². The highest BCUT2D eigenvalue weighted by atomic mass is 32.1. The Hall–Kier alpha value is -2.46. The van der Waals surface area contributed by atoms with Crippen LogP contribution in [0.1, 0.15) is 58.1 Å². The molecule has 1 unspecified atom stereocenters. The van der Waals surface area contributed by atoms with Crippen molar-refractivity contribution < 1.29 is 4.79 Å². The molecule has 1 aliphatic heterocycles. The first-order valence-electron chi connectivity index (χ1n) is 10.2. The Balaban J connectivity index is 1.82. The molecule has 0 radical (unpaired) electrons. The summed E-state index contributed by atoms with van der Waals surface area (Å²) in [6.45, 7) is 9.93. The molecular weight excluding hydrogens is 382 g/mol. The number of hydrogen-bond acceptors (Lipinski definition) is 5. The quantitative estimate of drug-likeness (QED) is 0.749. The van der Waals surface area contributed by atoms with Crippen molar-refractivity contribution in [3.63, 3.8) is 0 Å². The summed E-state index contributed by atoms with van der Waals surface area (Å²) in [4.78, 5) is 23.9. The van der Waals surface area contributed by atoms with Crippen LogP contribution < -0.4 is 9.57 Å². The van der Waals surface area contributed by atoms with E-state index in [2.05, 4.69) is 53.9 Å². The minimum Gasteiger partial charge on any atom is -0.355 e. The van der Waals surface area contributed by atoms with Crippen LogP contribution in [0.5, 0.6) is 0 Å². The first-order chi connectivity index (χ1) is 13.8. The van der Waals surface area contributed by atoms with Crippen molar-refractivity contribution in [1.82, 2.24) is 8.94 Å². The van der Waals surface area contributed by atoms with E-state index in [1.165, 1.54) is 0 Å². The number of carbonyl (C=O) groups excluding carboxylic acids is 1. The Kier molecular flexibility index (Phi) is 6.53. The molecule has 0 aliphatic carbocycles. The summed E-state index contributed by atoms with van der Waals surface area (Å²) in [7, 11) is 0. The van der Waals surface area contributed by atoms with Crippen LogP contribution in [-0.2, 0) is 16.8 Å². The molecule has 1 aliphatic rings.